The number of ether oxygens (including phenoxy) is 1. The van der Waals surface area contributed by atoms with Crippen LogP contribution in [0, 0.1) is 0 Å². The normalized spacial score (nSPS) is 21.0. The SMILES string of the molecule is COC(=O)c1ccc2c(c1)-n1c(cc3ccccc31)C1(C)CCCN21. The first-order chi connectivity index (χ1) is 12.1. The van der Waals surface area contributed by atoms with Crippen LogP contribution in [0.15, 0.2) is 48.5 Å². The summed E-state index contributed by atoms with van der Waals surface area (Å²) in [5.74, 6) is -0.296. The van der Waals surface area contributed by atoms with Crippen LogP contribution < -0.4 is 4.90 Å². The predicted molar refractivity (Wildman–Crippen MR) is 98.5 cm³/mol. The Kier molecular flexibility index (Phi) is 2.85. The third-order valence-corrected chi connectivity index (χ3v) is 5.83. The summed E-state index contributed by atoms with van der Waals surface area (Å²) in [6, 6.07) is 16.7. The Morgan fingerprint density at radius 3 is 2.80 bits per heavy atom. The summed E-state index contributed by atoms with van der Waals surface area (Å²) in [5.41, 5.74) is 5.35. The first-order valence-corrected chi connectivity index (χ1v) is 8.75. The number of benzene rings is 2. The van der Waals surface area contributed by atoms with E-state index in [1.54, 1.807) is 0 Å². The van der Waals surface area contributed by atoms with Gasteiger partial charge < -0.3 is 14.2 Å². The van der Waals surface area contributed by atoms with Crippen molar-refractivity contribution in [3.63, 3.8) is 0 Å². The van der Waals surface area contributed by atoms with Crippen molar-refractivity contribution >= 4 is 22.6 Å². The molecule has 126 valence electrons. The van der Waals surface area contributed by atoms with E-state index in [1.807, 2.05) is 12.1 Å². The second-order valence-electron chi connectivity index (χ2n) is 7.15. The number of hydrogen-bond acceptors (Lipinski definition) is 3. The van der Waals surface area contributed by atoms with E-state index in [-0.39, 0.29) is 11.5 Å². The lowest BCUT2D eigenvalue weighted by Crippen LogP contribution is -2.43. The minimum atomic E-state index is -0.296. The highest BCUT2D eigenvalue weighted by atomic mass is 16.5. The molecule has 25 heavy (non-hydrogen) atoms. The summed E-state index contributed by atoms with van der Waals surface area (Å²) >= 11 is 0. The summed E-state index contributed by atoms with van der Waals surface area (Å²) in [5, 5.41) is 1.24. The van der Waals surface area contributed by atoms with Crippen molar-refractivity contribution in [2.75, 3.05) is 18.6 Å². The fraction of sp³-hybridized carbons (Fsp3) is 0.286. The van der Waals surface area contributed by atoms with E-state index in [0.717, 1.165) is 18.7 Å². The predicted octanol–water partition coefficient (Wildman–Crippen LogP) is 4.25. The number of fused-ring (bicyclic) bond motifs is 8. The third-order valence-electron chi connectivity index (χ3n) is 5.83. The Morgan fingerprint density at radius 2 is 1.96 bits per heavy atom. The van der Waals surface area contributed by atoms with Gasteiger partial charge in [0.05, 0.1) is 35.1 Å². The van der Waals surface area contributed by atoms with E-state index in [1.165, 1.54) is 35.8 Å². The lowest BCUT2D eigenvalue weighted by atomic mass is 9.91. The molecule has 5 rings (SSSR count). The number of para-hydroxylation sites is 1. The van der Waals surface area contributed by atoms with E-state index in [2.05, 4.69) is 52.8 Å². The van der Waals surface area contributed by atoms with Crippen LogP contribution in [-0.4, -0.2) is 24.2 Å². The molecular weight excluding hydrogens is 312 g/mol. The summed E-state index contributed by atoms with van der Waals surface area (Å²) in [7, 11) is 1.43. The van der Waals surface area contributed by atoms with Crippen LogP contribution in [0.2, 0.25) is 0 Å². The summed E-state index contributed by atoms with van der Waals surface area (Å²) in [6.07, 6.45) is 2.32. The molecule has 1 fully saturated rings. The number of esters is 1. The summed E-state index contributed by atoms with van der Waals surface area (Å²) in [6.45, 7) is 3.38. The van der Waals surface area contributed by atoms with Crippen molar-refractivity contribution in [1.29, 1.82) is 0 Å². The number of rotatable bonds is 1. The first-order valence-electron chi connectivity index (χ1n) is 8.75. The lowest BCUT2D eigenvalue weighted by molar-refractivity contribution is 0.0600. The smallest absolute Gasteiger partial charge is 0.337 e. The average Bonchev–Trinajstić information content (AvgIpc) is 3.22. The van der Waals surface area contributed by atoms with E-state index in [0.29, 0.717) is 5.56 Å². The van der Waals surface area contributed by atoms with Gasteiger partial charge in [-0.15, -0.1) is 0 Å². The Labute approximate surface area is 146 Å². The molecule has 0 N–H and O–H groups in total. The van der Waals surface area contributed by atoms with E-state index in [4.69, 9.17) is 4.74 Å². The number of aromatic nitrogens is 1. The molecule has 0 bridgehead atoms. The zero-order valence-electron chi connectivity index (χ0n) is 14.5. The van der Waals surface area contributed by atoms with Crippen LogP contribution in [0.4, 0.5) is 5.69 Å². The molecule has 1 saturated heterocycles. The molecule has 0 saturated carbocycles. The van der Waals surface area contributed by atoms with Gasteiger partial charge in [-0.1, -0.05) is 18.2 Å². The Bertz CT molecular complexity index is 1020. The van der Waals surface area contributed by atoms with Gasteiger partial charge in [0.15, 0.2) is 0 Å². The van der Waals surface area contributed by atoms with Gasteiger partial charge in [-0.2, -0.15) is 0 Å². The number of anilines is 1. The third kappa shape index (κ3) is 1.79. The van der Waals surface area contributed by atoms with Gasteiger partial charge in [0.1, 0.15) is 0 Å². The monoisotopic (exact) mass is 332 g/mol. The van der Waals surface area contributed by atoms with Crippen molar-refractivity contribution in [3.05, 3.63) is 59.8 Å². The van der Waals surface area contributed by atoms with Crippen molar-refractivity contribution < 1.29 is 9.53 Å². The highest BCUT2D eigenvalue weighted by Gasteiger charge is 2.45. The maximum Gasteiger partial charge on any atom is 0.337 e. The molecule has 2 aliphatic heterocycles. The largest absolute Gasteiger partial charge is 0.465 e. The fourth-order valence-corrected chi connectivity index (χ4v) is 4.60. The highest BCUT2D eigenvalue weighted by Crippen LogP contribution is 2.50. The second kappa shape index (κ2) is 4.88. The zero-order valence-corrected chi connectivity index (χ0v) is 14.5. The zero-order chi connectivity index (χ0) is 17.2. The molecule has 2 aliphatic rings. The minimum Gasteiger partial charge on any atom is -0.465 e. The number of methoxy groups -OCH3 is 1. The van der Waals surface area contributed by atoms with Gasteiger partial charge in [0, 0.05) is 17.6 Å². The van der Waals surface area contributed by atoms with Crippen molar-refractivity contribution in [2.24, 2.45) is 0 Å². The molecule has 3 aromatic rings. The van der Waals surface area contributed by atoms with Crippen molar-refractivity contribution in [2.45, 2.75) is 25.3 Å². The van der Waals surface area contributed by atoms with Crippen LogP contribution >= 0.6 is 0 Å². The van der Waals surface area contributed by atoms with Gasteiger partial charge >= 0.3 is 5.97 Å². The molecule has 0 aliphatic carbocycles. The van der Waals surface area contributed by atoms with Gasteiger partial charge in [0.2, 0.25) is 0 Å². The molecule has 3 heterocycles. The van der Waals surface area contributed by atoms with Crippen LogP contribution in [0.1, 0.15) is 35.8 Å². The average molecular weight is 332 g/mol. The van der Waals surface area contributed by atoms with Crippen LogP contribution in [0.25, 0.3) is 16.6 Å². The van der Waals surface area contributed by atoms with Crippen LogP contribution in [0.3, 0.4) is 0 Å². The molecule has 1 aromatic heterocycles. The molecule has 1 unspecified atom stereocenters. The molecule has 4 heteroatoms. The minimum absolute atomic E-state index is 0.00119. The molecule has 0 spiro atoms. The van der Waals surface area contributed by atoms with Crippen LogP contribution in [0.5, 0.6) is 0 Å². The molecule has 2 aromatic carbocycles. The molecule has 1 atom stereocenters. The Morgan fingerprint density at radius 1 is 1.12 bits per heavy atom. The van der Waals surface area contributed by atoms with Gasteiger partial charge in [0.25, 0.3) is 0 Å². The Hall–Kier alpha value is -2.75. The molecule has 0 radical (unpaired) electrons. The lowest BCUT2D eigenvalue weighted by Gasteiger charge is -2.43. The molecular formula is C21H20N2O2. The van der Waals surface area contributed by atoms with Crippen molar-refractivity contribution in [3.8, 4) is 5.69 Å². The number of carbonyl (C=O) groups is 1. The second-order valence-corrected chi connectivity index (χ2v) is 7.15. The standard InChI is InChI=1S/C21H20N2O2/c1-21-10-5-11-22(21)17-9-8-15(20(24)25-2)12-18(17)23-16-7-4-3-6-14(16)13-19(21)23/h3-4,6-9,12-13H,5,10-11H2,1-2H3. The summed E-state index contributed by atoms with van der Waals surface area (Å²) < 4.78 is 7.26. The maximum absolute atomic E-state index is 12.1. The fourth-order valence-electron chi connectivity index (χ4n) is 4.60. The topological polar surface area (TPSA) is 34.5 Å². The van der Waals surface area contributed by atoms with E-state index in [9.17, 15) is 4.79 Å². The first kappa shape index (κ1) is 14.6. The molecule has 0 amide bonds. The van der Waals surface area contributed by atoms with Crippen molar-refractivity contribution in [1.82, 2.24) is 4.57 Å². The Balaban J connectivity index is 1.87. The van der Waals surface area contributed by atoms with E-state index >= 15 is 0 Å². The molecule has 4 nitrogen and oxygen atoms in total. The van der Waals surface area contributed by atoms with Gasteiger partial charge in [-0.05, 0) is 50.1 Å². The van der Waals surface area contributed by atoms with Crippen LogP contribution in [-0.2, 0) is 10.3 Å². The summed E-state index contributed by atoms with van der Waals surface area (Å²) in [4.78, 5) is 14.6. The number of hydrogen-bond donors (Lipinski definition) is 0. The quantitative estimate of drug-likeness (QED) is 0.625. The van der Waals surface area contributed by atoms with Gasteiger partial charge in [-0.25, -0.2) is 4.79 Å². The highest BCUT2D eigenvalue weighted by molar-refractivity contribution is 5.93. The van der Waals surface area contributed by atoms with Gasteiger partial charge in [-0.3, -0.25) is 0 Å². The maximum atomic E-state index is 12.1. The number of nitrogens with zero attached hydrogens (tertiary/aromatic N) is 2. The number of carbonyl (C=O) groups excluding carboxylic acids is 1. The van der Waals surface area contributed by atoms with E-state index < -0.39 is 0 Å².